The zero-order valence-corrected chi connectivity index (χ0v) is 5.76. The monoisotopic (exact) mass is 147 g/mol. The number of alkyl halides is 1. The second kappa shape index (κ2) is 2.96. The number of esters is 1. The van der Waals surface area contributed by atoms with Gasteiger partial charge in [0.15, 0.2) is 0 Å². The summed E-state index contributed by atoms with van der Waals surface area (Å²) >= 11 is 0. The Balaban J connectivity index is 2.31. The van der Waals surface area contributed by atoms with E-state index in [0.29, 0.717) is 13.1 Å². The zero-order chi connectivity index (χ0) is 7.56. The van der Waals surface area contributed by atoms with Crippen molar-refractivity contribution in [2.75, 3.05) is 20.2 Å². The van der Waals surface area contributed by atoms with E-state index < -0.39 is 12.1 Å². The van der Waals surface area contributed by atoms with Crippen LogP contribution in [0.15, 0.2) is 0 Å². The van der Waals surface area contributed by atoms with Crippen molar-refractivity contribution in [2.24, 2.45) is 5.92 Å². The summed E-state index contributed by atoms with van der Waals surface area (Å²) in [5.41, 5.74) is 0. The Morgan fingerprint density at radius 2 is 2.40 bits per heavy atom. The van der Waals surface area contributed by atoms with Crippen molar-refractivity contribution >= 4 is 5.97 Å². The predicted molar refractivity (Wildman–Crippen MR) is 33.3 cm³/mol. The van der Waals surface area contributed by atoms with Gasteiger partial charge in [-0.1, -0.05) is 0 Å². The fraction of sp³-hybridized carbons (Fsp3) is 0.833. The highest BCUT2D eigenvalue weighted by Crippen LogP contribution is 2.13. The quantitative estimate of drug-likeness (QED) is 0.546. The number of ether oxygens (including phenoxy) is 1. The fourth-order valence-corrected chi connectivity index (χ4v) is 0.823. The highest BCUT2D eigenvalue weighted by Gasteiger charge is 2.32. The van der Waals surface area contributed by atoms with Crippen LogP contribution in [0.5, 0.6) is 0 Å². The van der Waals surface area contributed by atoms with Gasteiger partial charge in [0.2, 0.25) is 6.17 Å². The average molecular weight is 147 g/mol. The molecule has 1 atom stereocenters. The first-order chi connectivity index (χ1) is 4.75. The molecule has 1 unspecified atom stereocenters. The van der Waals surface area contributed by atoms with Gasteiger partial charge in [0.25, 0.3) is 0 Å². The molecule has 1 N–H and O–H groups in total. The number of halogens is 1. The van der Waals surface area contributed by atoms with Gasteiger partial charge >= 0.3 is 5.97 Å². The van der Waals surface area contributed by atoms with Crippen LogP contribution in [0, 0.1) is 5.92 Å². The number of methoxy groups -OCH3 is 1. The molecular formula is C6H10FNO2. The smallest absolute Gasteiger partial charge is 0.340 e. The molecule has 10 heavy (non-hydrogen) atoms. The van der Waals surface area contributed by atoms with Crippen LogP contribution in [0.4, 0.5) is 4.39 Å². The molecule has 0 aromatic heterocycles. The molecule has 0 spiro atoms. The van der Waals surface area contributed by atoms with E-state index in [4.69, 9.17) is 0 Å². The van der Waals surface area contributed by atoms with Gasteiger partial charge in [-0.2, -0.15) is 0 Å². The third-order valence-electron chi connectivity index (χ3n) is 1.65. The lowest BCUT2D eigenvalue weighted by Crippen LogP contribution is -2.49. The van der Waals surface area contributed by atoms with Crippen LogP contribution in [0.25, 0.3) is 0 Å². The molecule has 1 rings (SSSR count). The second-order valence-electron chi connectivity index (χ2n) is 2.34. The van der Waals surface area contributed by atoms with Crippen LogP contribution in [0.2, 0.25) is 0 Å². The molecule has 0 aromatic rings. The van der Waals surface area contributed by atoms with Crippen molar-refractivity contribution in [3.63, 3.8) is 0 Å². The lowest BCUT2D eigenvalue weighted by atomic mass is 9.98. The van der Waals surface area contributed by atoms with Crippen molar-refractivity contribution in [1.29, 1.82) is 0 Å². The minimum atomic E-state index is -1.44. The van der Waals surface area contributed by atoms with Crippen LogP contribution < -0.4 is 5.32 Å². The fourth-order valence-electron chi connectivity index (χ4n) is 0.823. The Hall–Kier alpha value is -0.640. The molecule has 1 heterocycles. The molecule has 0 radical (unpaired) electrons. The Kier molecular flexibility index (Phi) is 2.21. The van der Waals surface area contributed by atoms with Crippen LogP contribution in [0.1, 0.15) is 0 Å². The van der Waals surface area contributed by atoms with Crippen LogP contribution in [-0.4, -0.2) is 32.3 Å². The maximum atomic E-state index is 12.7. The highest BCUT2D eigenvalue weighted by molar-refractivity contribution is 5.74. The third kappa shape index (κ3) is 1.26. The van der Waals surface area contributed by atoms with E-state index >= 15 is 0 Å². The molecule has 1 saturated heterocycles. The molecule has 0 saturated carbocycles. The molecule has 0 bridgehead atoms. The summed E-state index contributed by atoms with van der Waals surface area (Å²) in [6.45, 7) is 1.16. The van der Waals surface area contributed by atoms with E-state index in [1.807, 2.05) is 0 Å². The van der Waals surface area contributed by atoms with E-state index in [0.717, 1.165) is 0 Å². The van der Waals surface area contributed by atoms with Crippen molar-refractivity contribution in [3.05, 3.63) is 0 Å². The standard InChI is InChI=1S/C6H10FNO2/c1-10-6(9)5(7)4-2-8-3-4/h4-5,8H,2-3H2,1H3. The highest BCUT2D eigenvalue weighted by atomic mass is 19.1. The number of hydrogen-bond donors (Lipinski definition) is 1. The van der Waals surface area contributed by atoms with Crippen LogP contribution in [-0.2, 0) is 9.53 Å². The number of carbonyl (C=O) groups is 1. The molecule has 1 aliphatic rings. The lowest BCUT2D eigenvalue weighted by Gasteiger charge is -2.28. The van der Waals surface area contributed by atoms with Gasteiger partial charge in [0.05, 0.1) is 7.11 Å². The first-order valence-electron chi connectivity index (χ1n) is 3.18. The molecule has 0 amide bonds. The molecular weight excluding hydrogens is 137 g/mol. The topological polar surface area (TPSA) is 38.3 Å². The number of nitrogens with one attached hydrogen (secondary N) is 1. The zero-order valence-electron chi connectivity index (χ0n) is 5.76. The Morgan fingerprint density at radius 1 is 1.80 bits per heavy atom. The van der Waals surface area contributed by atoms with E-state index in [1.54, 1.807) is 0 Å². The average Bonchev–Trinajstić information content (AvgIpc) is 1.82. The summed E-state index contributed by atoms with van der Waals surface area (Å²) < 4.78 is 17.0. The van der Waals surface area contributed by atoms with Gasteiger partial charge in [-0.25, -0.2) is 9.18 Å². The molecule has 4 heteroatoms. The van der Waals surface area contributed by atoms with Gasteiger partial charge < -0.3 is 10.1 Å². The van der Waals surface area contributed by atoms with Crippen molar-refractivity contribution in [1.82, 2.24) is 5.32 Å². The van der Waals surface area contributed by atoms with Gasteiger partial charge in [0, 0.05) is 19.0 Å². The van der Waals surface area contributed by atoms with Gasteiger partial charge in [-0.15, -0.1) is 0 Å². The van der Waals surface area contributed by atoms with E-state index in [-0.39, 0.29) is 5.92 Å². The largest absolute Gasteiger partial charge is 0.467 e. The molecule has 3 nitrogen and oxygen atoms in total. The van der Waals surface area contributed by atoms with E-state index in [2.05, 4.69) is 10.1 Å². The summed E-state index contributed by atoms with van der Waals surface area (Å²) in [7, 11) is 1.20. The number of carbonyl (C=O) groups excluding carboxylic acids is 1. The predicted octanol–water partition coefficient (Wildman–Crippen LogP) is -0.283. The summed E-state index contributed by atoms with van der Waals surface area (Å²) in [6, 6.07) is 0. The molecule has 0 aliphatic carbocycles. The van der Waals surface area contributed by atoms with Crippen LogP contribution >= 0.6 is 0 Å². The molecule has 58 valence electrons. The minimum absolute atomic E-state index is 0.174. The van der Waals surface area contributed by atoms with Crippen molar-refractivity contribution in [2.45, 2.75) is 6.17 Å². The van der Waals surface area contributed by atoms with Gasteiger partial charge in [0.1, 0.15) is 0 Å². The van der Waals surface area contributed by atoms with Crippen LogP contribution in [0.3, 0.4) is 0 Å². The number of rotatable bonds is 2. The maximum Gasteiger partial charge on any atom is 0.340 e. The summed E-state index contributed by atoms with van der Waals surface area (Å²) in [6.07, 6.45) is -1.44. The molecule has 0 aromatic carbocycles. The first kappa shape index (κ1) is 7.47. The molecule has 1 fully saturated rings. The van der Waals surface area contributed by atoms with Crippen molar-refractivity contribution < 1.29 is 13.9 Å². The molecule has 1 aliphatic heterocycles. The summed E-state index contributed by atoms with van der Waals surface area (Å²) in [4.78, 5) is 10.5. The lowest BCUT2D eigenvalue weighted by molar-refractivity contribution is -0.149. The van der Waals surface area contributed by atoms with Gasteiger partial charge in [-0.05, 0) is 0 Å². The van der Waals surface area contributed by atoms with E-state index in [9.17, 15) is 9.18 Å². The normalized spacial score (nSPS) is 21.4. The van der Waals surface area contributed by atoms with E-state index in [1.165, 1.54) is 7.11 Å². The Bertz CT molecular complexity index is 136. The Morgan fingerprint density at radius 3 is 2.70 bits per heavy atom. The second-order valence-corrected chi connectivity index (χ2v) is 2.34. The summed E-state index contributed by atoms with van der Waals surface area (Å²) in [5.74, 6) is -0.932. The summed E-state index contributed by atoms with van der Waals surface area (Å²) in [5, 5.41) is 2.87. The maximum absolute atomic E-state index is 12.7. The number of hydrogen-bond acceptors (Lipinski definition) is 3. The van der Waals surface area contributed by atoms with Crippen molar-refractivity contribution in [3.8, 4) is 0 Å². The van der Waals surface area contributed by atoms with Gasteiger partial charge in [-0.3, -0.25) is 0 Å². The Labute approximate surface area is 58.5 Å². The first-order valence-corrected chi connectivity index (χ1v) is 3.18. The minimum Gasteiger partial charge on any atom is -0.467 e. The third-order valence-corrected chi connectivity index (χ3v) is 1.65. The SMILES string of the molecule is COC(=O)C(F)C1CNC1.